The molecule has 1 fully saturated rings. The molecule has 1 aliphatic heterocycles. The summed E-state index contributed by atoms with van der Waals surface area (Å²) >= 11 is 0. The molecule has 1 saturated heterocycles. The molecule has 2 rings (SSSR count). The minimum atomic E-state index is -1.49. The number of carbonyl (C=O) groups is 1. The van der Waals surface area contributed by atoms with E-state index in [1.54, 1.807) is 12.1 Å². The van der Waals surface area contributed by atoms with E-state index in [0.717, 1.165) is 0 Å². The molecule has 5 N–H and O–H groups in total. The maximum Gasteiger partial charge on any atom is 0.229 e. The number of amides is 1. The van der Waals surface area contributed by atoms with Crippen molar-refractivity contribution in [2.75, 3.05) is 11.9 Å². The van der Waals surface area contributed by atoms with Crippen molar-refractivity contribution in [3.05, 3.63) is 24.3 Å². The largest absolute Gasteiger partial charge is 0.462 e. The highest BCUT2D eigenvalue weighted by atomic mass is 16.7. The van der Waals surface area contributed by atoms with Crippen molar-refractivity contribution in [3.63, 3.8) is 0 Å². The van der Waals surface area contributed by atoms with Crippen molar-refractivity contribution < 1.29 is 34.7 Å². The second-order valence-electron chi connectivity index (χ2n) is 4.60. The minimum absolute atomic E-state index is 0.329. The van der Waals surface area contributed by atoms with Gasteiger partial charge < -0.3 is 35.2 Å². The maximum atomic E-state index is 10.3. The highest BCUT2D eigenvalue weighted by Crippen LogP contribution is 2.25. The van der Waals surface area contributed by atoms with Crippen LogP contribution >= 0.6 is 0 Å². The minimum Gasteiger partial charge on any atom is -0.462 e. The third-order valence-electron chi connectivity index (χ3n) is 3.18. The number of hydrogen-bond donors (Lipinski definition) is 5. The molecule has 1 aliphatic rings. The second kappa shape index (κ2) is 6.83. The van der Waals surface area contributed by atoms with Crippen LogP contribution in [0.4, 0.5) is 5.69 Å². The first-order chi connectivity index (χ1) is 10.1. The molecule has 8 heteroatoms. The molecule has 1 heterocycles. The zero-order valence-corrected chi connectivity index (χ0v) is 11.0. The summed E-state index contributed by atoms with van der Waals surface area (Å²) in [6.07, 6.45) is -6.10. The molecule has 8 nitrogen and oxygen atoms in total. The Balaban J connectivity index is 2.05. The highest BCUT2D eigenvalue weighted by Gasteiger charge is 2.44. The molecule has 21 heavy (non-hydrogen) atoms. The molecular formula is C13H17NO7. The van der Waals surface area contributed by atoms with Gasteiger partial charge in [-0.3, -0.25) is 4.79 Å². The van der Waals surface area contributed by atoms with E-state index in [9.17, 15) is 20.1 Å². The summed E-state index contributed by atoms with van der Waals surface area (Å²) in [4.78, 5) is 10.3. The monoisotopic (exact) mass is 299 g/mol. The van der Waals surface area contributed by atoms with E-state index >= 15 is 0 Å². The average molecular weight is 299 g/mol. The van der Waals surface area contributed by atoms with Crippen LogP contribution in [0.25, 0.3) is 0 Å². The van der Waals surface area contributed by atoms with Gasteiger partial charge in [0.1, 0.15) is 30.2 Å². The standard InChI is InChI=1S/C13H17NO7/c15-5-9-10(17)11(18)12(19)13(21-9)20-8-3-1-7(2-4-8)14-6-16/h1-4,6,9-13,15,17-19H,5H2,(H,14,16). The van der Waals surface area contributed by atoms with Crippen molar-refractivity contribution >= 4 is 12.1 Å². The predicted octanol–water partition coefficient (Wildman–Crippen LogP) is -1.57. The summed E-state index contributed by atoms with van der Waals surface area (Å²) < 4.78 is 10.6. The van der Waals surface area contributed by atoms with E-state index in [2.05, 4.69) is 5.32 Å². The van der Waals surface area contributed by atoms with Crippen molar-refractivity contribution in [2.24, 2.45) is 0 Å². The summed E-state index contributed by atoms with van der Waals surface area (Å²) in [5.74, 6) is 0.329. The molecule has 5 unspecified atom stereocenters. The fourth-order valence-corrected chi connectivity index (χ4v) is 2.00. The van der Waals surface area contributed by atoms with Gasteiger partial charge in [-0.2, -0.15) is 0 Å². The molecule has 0 aromatic heterocycles. The quantitative estimate of drug-likeness (QED) is 0.416. The number of benzene rings is 1. The Hall–Kier alpha value is -1.71. The molecule has 0 aliphatic carbocycles. The van der Waals surface area contributed by atoms with Crippen LogP contribution in [0.3, 0.4) is 0 Å². The fraction of sp³-hybridized carbons (Fsp3) is 0.462. The molecule has 116 valence electrons. The first kappa shape index (κ1) is 15.7. The number of rotatable bonds is 5. The molecule has 0 radical (unpaired) electrons. The zero-order valence-electron chi connectivity index (χ0n) is 11.0. The van der Waals surface area contributed by atoms with Crippen LogP contribution < -0.4 is 10.1 Å². The number of nitrogens with one attached hydrogen (secondary N) is 1. The summed E-state index contributed by atoms with van der Waals surface area (Å²) in [7, 11) is 0. The fourth-order valence-electron chi connectivity index (χ4n) is 2.00. The van der Waals surface area contributed by atoms with Crippen LogP contribution in [0.1, 0.15) is 0 Å². The summed E-state index contributed by atoms with van der Waals surface area (Å²) in [5.41, 5.74) is 0.561. The lowest BCUT2D eigenvalue weighted by Gasteiger charge is -2.39. The third kappa shape index (κ3) is 3.49. The van der Waals surface area contributed by atoms with Crippen LogP contribution in [0.15, 0.2) is 24.3 Å². The lowest BCUT2D eigenvalue weighted by Crippen LogP contribution is -2.60. The van der Waals surface area contributed by atoms with Gasteiger partial charge in [-0.15, -0.1) is 0 Å². The Morgan fingerprint density at radius 1 is 1.14 bits per heavy atom. The topological polar surface area (TPSA) is 128 Å². The third-order valence-corrected chi connectivity index (χ3v) is 3.18. The van der Waals surface area contributed by atoms with Crippen molar-refractivity contribution in [1.29, 1.82) is 0 Å². The number of anilines is 1. The number of aliphatic hydroxyl groups excluding tert-OH is 4. The molecule has 5 atom stereocenters. The normalized spacial score (nSPS) is 32.5. The maximum absolute atomic E-state index is 10.3. The van der Waals surface area contributed by atoms with Crippen LogP contribution in [-0.4, -0.2) is 64.1 Å². The first-order valence-corrected chi connectivity index (χ1v) is 6.34. The molecule has 1 aromatic carbocycles. The molecule has 0 spiro atoms. The Kier molecular flexibility index (Phi) is 5.10. The van der Waals surface area contributed by atoms with Crippen molar-refractivity contribution in [1.82, 2.24) is 0 Å². The Morgan fingerprint density at radius 3 is 2.38 bits per heavy atom. The number of ether oxygens (including phenoxy) is 2. The predicted molar refractivity (Wildman–Crippen MR) is 70.5 cm³/mol. The molecule has 0 saturated carbocycles. The van der Waals surface area contributed by atoms with E-state index in [-0.39, 0.29) is 0 Å². The molecule has 0 bridgehead atoms. The molecule has 1 aromatic rings. The van der Waals surface area contributed by atoms with Gasteiger partial charge in [-0.25, -0.2) is 0 Å². The number of hydrogen-bond acceptors (Lipinski definition) is 7. The van der Waals surface area contributed by atoms with E-state index in [4.69, 9.17) is 14.6 Å². The molecular weight excluding hydrogens is 282 g/mol. The molecule has 1 amide bonds. The lowest BCUT2D eigenvalue weighted by molar-refractivity contribution is -0.277. The summed E-state index contributed by atoms with van der Waals surface area (Å²) in [5, 5.41) is 40.6. The van der Waals surface area contributed by atoms with Crippen LogP contribution in [0.5, 0.6) is 5.75 Å². The Labute approximate surface area is 120 Å². The lowest BCUT2D eigenvalue weighted by atomic mass is 9.99. The van der Waals surface area contributed by atoms with E-state index < -0.39 is 37.3 Å². The van der Waals surface area contributed by atoms with Crippen LogP contribution in [0, 0.1) is 0 Å². The van der Waals surface area contributed by atoms with E-state index in [0.29, 0.717) is 17.8 Å². The number of aliphatic hydroxyl groups is 4. The highest BCUT2D eigenvalue weighted by molar-refractivity contribution is 5.71. The summed E-state index contributed by atoms with van der Waals surface area (Å²) in [6, 6.07) is 6.22. The Morgan fingerprint density at radius 2 is 1.81 bits per heavy atom. The SMILES string of the molecule is O=CNc1ccc(OC2OC(CO)C(O)C(O)C2O)cc1. The Bertz CT molecular complexity index is 464. The van der Waals surface area contributed by atoms with Gasteiger partial charge in [0.15, 0.2) is 0 Å². The smallest absolute Gasteiger partial charge is 0.229 e. The van der Waals surface area contributed by atoms with Crippen molar-refractivity contribution in [2.45, 2.75) is 30.7 Å². The number of carbonyl (C=O) groups excluding carboxylic acids is 1. The van der Waals surface area contributed by atoms with Gasteiger partial charge in [0.2, 0.25) is 12.7 Å². The van der Waals surface area contributed by atoms with Crippen LogP contribution in [0.2, 0.25) is 0 Å². The summed E-state index contributed by atoms with van der Waals surface area (Å²) in [6.45, 7) is -0.521. The van der Waals surface area contributed by atoms with Crippen molar-refractivity contribution in [3.8, 4) is 5.75 Å². The zero-order chi connectivity index (χ0) is 15.4. The van der Waals surface area contributed by atoms with Gasteiger partial charge in [-0.05, 0) is 24.3 Å². The van der Waals surface area contributed by atoms with Gasteiger partial charge in [0.25, 0.3) is 0 Å². The van der Waals surface area contributed by atoms with Crippen LogP contribution in [-0.2, 0) is 9.53 Å². The first-order valence-electron chi connectivity index (χ1n) is 6.34. The van der Waals surface area contributed by atoms with Gasteiger partial charge in [0, 0.05) is 5.69 Å². The van der Waals surface area contributed by atoms with Gasteiger partial charge >= 0.3 is 0 Å². The van der Waals surface area contributed by atoms with Gasteiger partial charge in [0.05, 0.1) is 6.61 Å². The van der Waals surface area contributed by atoms with E-state index in [1.807, 2.05) is 0 Å². The second-order valence-corrected chi connectivity index (χ2v) is 4.60. The van der Waals surface area contributed by atoms with Gasteiger partial charge in [-0.1, -0.05) is 0 Å². The van der Waals surface area contributed by atoms with E-state index in [1.165, 1.54) is 12.1 Å². The average Bonchev–Trinajstić information content (AvgIpc) is 2.50.